The van der Waals surface area contributed by atoms with E-state index in [0.29, 0.717) is 17.8 Å². The van der Waals surface area contributed by atoms with Crippen LogP contribution in [0.2, 0.25) is 0 Å². The number of hydrogen-bond donors (Lipinski definition) is 0. The number of rotatable bonds is 3. The molecule has 0 radical (unpaired) electrons. The van der Waals surface area contributed by atoms with Crippen LogP contribution >= 0.6 is 0 Å². The molecule has 3 heteroatoms. The summed E-state index contributed by atoms with van der Waals surface area (Å²) in [5.74, 6) is 1.97. The van der Waals surface area contributed by atoms with Crippen LogP contribution in [0.15, 0.2) is 0 Å². The monoisotopic (exact) mass is 206 g/mol. The zero-order valence-electron chi connectivity index (χ0n) is 9.44. The predicted octanol–water partition coefficient (Wildman–Crippen LogP) is 2.32. The van der Waals surface area contributed by atoms with Gasteiger partial charge in [-0.25, -0.2) is 0 Å². The summed E-state index contributed by atoms with van der Waals surface area (Å²) in [5, 5.41) is 0. The van der Waals surface area contributed by atoms with E-state index in [9.17, 15) is 4.79 Å². The molecule has 0 N–H and O–H groups in total. The van der Waals surface area contributed by atoms with E-state index in [1.54, 1.807) is 0 Å². The van der Waals surface area contributed by atoms with Crippen LogP contribution in [0.5, 0.6) is 0 Å². The summed E-state index contributed by atoms with van der Waals surface area (Å²) in [6.07, 6.45) is 5.50. The van der Waals surface area contributed by atoms with Gasteiger partial charge in [-0.1, -0.05) is 13.8 Å². The van der Waals surface area contributed by atoms with Gasteiger partial charge in [0, 0.05) is 6.42 Å². The maximum Gasteiger partial charge on any atom is 0.323 e. The Bertz CT molecular complexity index is 329. The van der Waals surface area contributed by atoms with Crippen molar-refractivity contribution in [1.29, 1.82) is 0 Å². The van der Waals surface area contributed by atoms with Crippen LogP contribution < -0.4 is 0 Å². The van der Waals surface area contributed by atoms with Gasteiger partial charge in [0.05, 0.1) is 0 Å². The van der Waals surface area contributed by atoms with Gasteiger partial charge in [0.2, 0.25) is 5.78 Å². The van der Waals surface area contributed by atoms with Gasteiger partial charge in [0.1, 0.15) is 0 Å². The molecule has 0 saturated heterocycles. The third-order valence-corrected chi connectivity index (χ3v) is 4.67. The minimum absolute atomic E-state index is 0.0388. The Hall–Kier alpha value is -0.950. The summed E-state index contributed by atoms with van der Waals surface area (Å²) in [6.45, 7) is 4.57. The number of hydrogen-bond acceptors (Lipinski definition) is 1. The first-order valence-electron chi connectivity index (χ1n) is 5.76. The lowest BCUT2D eigenvalue weighted by Crippen LogP contribution is -2.32. The molecule has 0 spiro atoms. The topological polar surface area (TPSA) is 53.5 Å². The lowest BCUT2D eigenvalue weighted by Gasteiger charge is -2.37. The average molecular weight is 206 g/mol. The summed E-state index contributed by atoms with van der Waals surface area (Å²) < 4.78 is 0. The van der Waals surface area contributed by atoms with Gasteiger partial charge < -0.3 is 5.53 Å². The maximum atomic E-state index is 11.5. The second-order valence-electron chi connectivity index (χ2n) is 5.61. The molecule has 3 nitrogen and oxygen atoms in total. The fourth-order valence-corrected chi connectivity index (χ4v) is 3.73. The molecule has 2 fully saturated rings. The highest BCUT2D eigenvalue weighted by atomic mass is 16.1. The number of ketones is 1. The van der Waals surface area contributed by atoms with Crippen LogP contribution in [-0.4, -0.2) is 16.8 Å². The maximum absolute atomic E-state index is 11.5. The molecule has 2 bridgehead atoms. The van der Waals surface area contributed by atoms with E-state index in [-0.39, 0.29) is 5.78 Å². The zero-order chi connectivity index (χ0) is 11.1. The summed E-state index contributed by atoms with van der Waals surface area (Å²) in [6, 6.07) is 0. The molecule has 0 amide bonds. The van der Waals surface area contributed by atoms with E-state index in [0.717, 1.165) is 18.1 Å². The Kier molecular flexibility index (Phi) is 2.51. The molecule has 0 unspecified atom stereocenters. The van der Waals surface area contributed by atoms with Gasteiger partial charge >= 0.3 is 6.21 Å². The van der Waals surface area contributed by atoms with Crippen molar-refractivity contribution < 1.29 is 9.58 Å². The highest BCUT2D eigenvalue weighted by molar-refractivity contribution is 6.25. The Morgan fingerprint density at radius 2 is 2.27 bits per heavy atom. The highest BCUT2D eigenvalue weighted by Gasteiger charge is 2.52. The molecule has 2 saturated carbocycles. The van der Waals surface area contributed by atoms with Gasteiger partial charge in [0.25, 0.3) is 0 Å². The lowest BCUT2D eigenvalue weighted by molar-refractivity contribution is -0.118. The van der Waals surface area contributed by atoms with Crippen molar-refractivity contribution in [1.82, 2.24) is 0 Å². The van der Waals surface area contributed by atoms with Crippen molar-refractivity contribution in [2.24, 2.45) is 23.2 Å². The smallest absolute Gasteiger partial charge is 0.323 e. The van der Waals surface area contributed by atoms with Gasteiger partial charge in [-0.2, -0.15) is 4.79 Å². The van der Waals surface area contributed by atoms with Crippen molar-refractivity contribution in [3.05, 3.63) is 5.53 Å². The van der Waals surface area contributed by atoms with E-state index < -0.39 is 0 Å². The van der Waals surface area contributed by atoms with Crippen molar-refractivity contribution in [2.75, 3.05) is 0 Å². The fourth-order valence-electron chi connectivity index (χ4n) is 3.73. The van der Waals surface area contributed by atoms with E-state index in [2.05, 4.69) is 18.6 Å². The van der Waals surface area contributed by atoms with E-state index in [4.69, 9.17) is 5.53 Å². The number of carbonyl (C=O) groups is 1. The molecule has 3 atom stereocenters. The molecule has 2 aliphatic rings. The normalized spacial score (nSPS) is 36.3. The molecule has 2 aliphatic carbocycles. The summed E-state index contributed by atoms with van der Waals surface area (Å²) >= 11 is 0. The SMILES string of the molecule is CC1(C)[C@@H]2CC[C@@H](C2)[C@@H]1CC(=O)C=[N+]=[N-]. The second kappa shape index (κ2) is 3.57. The van der Waals surface area contributed by atoms with Crippen LogP contribution in [0, 0.1) is 23.2 Å². The van der Waals surface area contributed by atoms with Crippen LogP contribution in [0.3, 0.4) is 0 Å². The third kappa shape index (κ3) is 1.65. The molecular weight excluding hydrogens is 188 g/mol. The molecule has 2 rings (SSSR count). The van der Waals surface area contributed by atoms with Crippen molar-refractivity contribution in [2.45, 2.75) is 39.5 Å². The minimum Gasteiger partial charge on any atom is -0.361 e. The first-order chi connectivity index (χ1) is 7.05. The quantitative estimate of drug-likeness (QED) is 0.397. The lowest BCUT2D eigenvalue weighted by atomic mass is 9.67. The Labute approximate surface area is 90.5 Å². The van der Waals surface area contributed by atoms with Crippen LogP contribution in [-0.2, 0) is 4.79 Å². The second-order valence-corrected chi connectivity index (χ2v) is 5.61. The Balaban J connectivity index is 2.09. The summed E-state index contributed by atoms with van der Waals surface area (Å²) in [5.41, 5.74) is 8.61. The number of fused-ring (bicyclic) bond motifs is 2. The van der Waals surface area contributed by atoms with Crippen molar-refractivity contribution in [3.63, 3.8) is 0 Å². The van der Waals surface area contributed by atoms with E-state index in [1.807, 2.05) is 0 Å². The molecule has 82 valence electrons. The standard InChI is InChI=1S/C12H18N2O/c1-12(2)9-4-3-8(5-9)11(12)6-10(15)7-14-13/h7-9,11H,3-6H2,1-2H3/t8-,9+,11-/m0/s1. The zero-order valence-corrected chi connectivity index (χ0v) is 9.44. The predicted molar refractivity (Wildman–Crippen MR) is 57.4 cm³/mol. The first-order valence-corrected chi connectivity index (χ1v) is 5.76. The number of carbonyl (C=O) groups excluding carboxylic acids is 1. The van der Waals surface area contributed by atoms with Crippen molar-refractivity contribution in [3.8, 4) is 0 Å². The van der Waals surface area contributed by atoms with Gasteiger partial charge in [0.15, 0.2) is 0 Å². The van der Waals surface area contributed by atoms with Crippen LogP contribution in [0.1, 0.15) is 39.5 Å². The highest BCUT2D eigenvalue weighted by Crippen LogP contribution is 2.60. The van der Waals surface area contributed by atoms with Gasteiger partial charge in [-0.15, -0.1) is 0 Å². The molecule has 0 aromatic heterocycles. The van der Waals surface area contributed by atoms with E-state index >= 15 is 0 Å². The van der Waals surface area contributed by atoms with Gasteiger partial charge in [-0.3, -0.25) is 4.79 Å². The molecule has 0 heterocycles. The first kappa shape index (κ1) is 10.6. The average Bonchev–Trinajstić information content (AvgIpc) is 2.69. The molecular formula is C12H18N2O. The minimum atomic E-state index is -0.0388. The van der Waals surface area contributed by atoms with E-state index in [1.165, 1.54) is 19.3 Å². The van der Waals surface area contributed by atoms with Gasteiger partial charge in [-0.05, 0) is 42.4 Å². The number of nitrogens with zero attached hydrogens (tertiary/aromatic N) is 2. The largest absolute Gasteiger partial charge is 0.361 e. The number of Topliss-reactive ketones (excluding diaryl/α,β-unsaturated/α-hetero) is 1. The Morgan fingerprint density at radius 3 is 2.80 bits per heavy atom. The molecule has 0 aromatic carbocycles. The molecule has 0 aliphatic heterocycles. The summed E-state index contributed by atoms with van der Waals surface area (Å²) in [7, 11) is 0. The summed E-state index contributed by atoms with van der Waals surface area (Å²) in [4.78, 5) is 14.3. The van der Waals surface area contributed by atoms with Crippen LogP contribution in [0.25, 0.3) is 5.53 Å². The fraction of sp³-hybridized carbons (Fsp3) is 0.833. The molecule has 15 heavy (non-hydrogen) atoms. The Morgan fingerprint density at radius 1 is 1.53 bits per heavy atom. The third-order valence-electron chi connectivity index (χ3n) is 4.67. The molecule has 0 aromatic rings. The van der Waals surface area contributed by atoms with Crippen molar-refractivity contribution >= 4 is 12.0 Å². The van der Waals surface area contributed by atoms with Crippen LogP contribution in [0.4, 0.5) is 0 Å².